The Bertz CT molecular complexity index is 684. The van der Waals surface area contributed by atoms with Crippen LogP contribution in [0, 0.1) is 0 Å². The van der Waals surface area contributed by atoms with Gasteiger partial charge in [-0.15, -0.1) is 0 Å². The molecule has 32 heavy (non-hydrogen) atoms. The number of hydrogen-bond donors (Lipinski definition) is 0. The summed E-state index contributed by atoms with van der Waals surface area (Å²) in [6, 6.07) is 3.66. The average Bonchev–Trinajstić information content (AvgIpc) is 2.79. The van der Waals surface area contributed by atoms with Crippen LogP contribution in [-0.2, 0) is 6.42 Å². The molecule has 1 aromatic carbocycles. The molecule has 0 fully saturated rings. The topological polar surface area (TPSA) is 35.5 Å². The third-order valence-corrected chi connectivity index (χ3v) is 4.57. The molecular weight excluding hydrogens is 396 g/mol. The molecule has 0 radical (unpaired) electrons. The van der Waals surface area contributed by atoms with E-state index >= 15 is 0 Å². The number of methoxy groups -OCH3 is 1. The summed E-state index contributed by atoms with van der Waals surface area (Å²) >= 11 is 0. The van der Waals surface area contributed by atoms with Crippen molar-refractivity contribution in [2.24, 2.45) is 0 Å². The lowest BCUT2D eigenvalue weighted by Crippen LogP contribution is -2.07. The lowest BCUT2D eigenvalue weighted by molar-refractivity contribution is 0.101. The van der Waals surface area contributed by atoms with Gasteiger partial charge >= 0.3 is 0 Å². The van der Waals surface area contributed by atoms with Crippen LogP contribution in [0.15, 0.2) is 48.6 Å². The third-order valence-electron chi connectivity index (χ3n) is 4.57. The van der Waals surface area contributed by atoms with Gasteiger partial charge in [0.2, 0.25) is 0 Å². The van der Waals surface area contributed by atoms with Crippen molar-refractivity contribution in [1.82, 2.24) is 0 Å². The summed E-state index contributed by atoms with van der Waals surface area (Å²) in [4.78, 5) is 11.8. The van der Waals surface area contributed by atoms with Crippen molar-refractivity contribution in [2.75, 3.05) is 13.7 Å². The number of ketones is 1. The summed E-state index contributed by atoms with van der Waals surface area (Å²) in [5.74, 6) is 1.54. The van der Waals surface area contributed by atoms with Gasteiger partial charge in [0, 0.05) is 11.1 Å². The van der Waals surface area contributed by atoms with Gasteiger partial charge in [-0.25, -0.2) is 0 Å². The quantitative estimate of drug-likeness (QED) is 0.173. The number of rotatable bonds is 13. The van der Waals surface area contributed by atoms with Gasteiger partial charge in [-0.2, -0.15) is 0 Å². The summed E-state index contributed by atoms with van der Waals surface area (Å²) in [6.07, 6.45) is 15.6. The molecule has 0 aromatic heterocycles. The Labute approximate surface area is 198 Å². The lowest BCUT2D eigenvalue weighted by Gasteiger charge is -2.17. The van der Waals surface area contributed by atoms with Gasteiger partial charge in [0.25, 0.3) is 0 Å². The highest BCUT2D eigenvalue weighted by Gasteiger charge is 2.17. The normalized spacial score (nSPS) is 10.6. The summed E-state index contributed by atoms with van der Waals surface area (Å²) in [5.41, 5.74) is 3.09. The first kappa shape index (κ1) is 31.9. The summed E-state index contributed by atoms with van der Waals surface area (Å²) in [5, 5.41) is 0. The van der Waals surface area contributed by atoms with Crippen LogP contribution in [0.1, 0.15) is 103 Å². The van der Waals surface area contributed by atoms with Gasteiger partial charge in [0.05, 0.1) is 13.7 Å². The van der Waals surface area contributed by atoms with Crippen LogP contribution in [0.4, 0.5) is 0 Å². The Hall–Kier alpha value is -2.29. The first-order valence-electron chi connectivity index (χ1n) is 12.3. The molecule has 0 unspecified atom stereocenters. The molecule has 0 aliphatic heterocycles. The second-order valence-electron chi connectivity index (χ2n) is 7.21. The molecule has 0 saturated carbocycles. The molecule has 0 spiro atoms. The number of benzene rings is 1. The molecule has 0 aliphatic rings. The fraction of sp³-hybridized carbons (Fsp3) is 0.552. The van der Waals surface area contributed by atoms with Gasteiger partial charge in [0.1, 0.15) is 0 Å². The van der Waals surface area contributed by atoms with E-state index in [0.717, 1.165) is 61.2 Å². The number of unbranched alkanes of at least 4 members (excludes halogenated alkanes) is 2. The highest BCUT2D eigenvalue weighted by atomic mass is 16.5. The monoisotopic (exact) mass is 444 g/mol. The maximum absolute atomic E-state index is 11.8. The van der Waals surface area contributed by atoms with Gasteiger partial charge in [-0.1, -0.05) is 91.2 Å². The molecule has 1 aromatic rings. The van der Waals surface area contributed by atoms with Crippen molar-refractivity contribution >= 4 is 5.78 Å². The van der Waals surface area contributed by atoms with E-state index in [2.05, 4.69) is 45.6 Å². The zero-order valence-corrected chi connectivity index (χ0v) is 22.1. The van der Waals surface area contributed by atoms with E-state index in [1.807, 2.05) is 39.0 Å². The molecule has 0 atom stereocenters. The Morgan fingerprint density at radius 2 is 1.75 bits per heavy atom. The first-order valence-corrected chi connectivity index (χ1v) is 12.3. The Morgan fingerprint density at radius 3 is 2.22 bits per heavy atom. The van der Waals surface area contributed by atoms with E-state index in [1.165, 1.54) is 12.0 Å². The molecule has 182 valence electrons. The van der Waals surface area contributed by atoms with Crippen molar-refractivity contribution in [3.8, 4) is 11.5 Å². The van der Waals surface area contributed by atoms with Gasteiger partial charge in [0.15, 0.2) is 17.3 Å². The molecule has 0 N–H and O–H groups in total. The van der Waals surface area contributed by atoms with Crippen molar-refractivity contribution in [1.29, 1.82) is 0 Å². The van der Waals surface area contributed by atoms with E-state index in [9.17, 15) is 4.79 Å². The molecular formula is C29H48O3. The SMILES string of the molecule is C=C/C=C(\C=C/C)CCC.CC.CCCCCOc1c(OC)ccc(C(C)=O)c1CCC. The van der Waals surface area contributed by atoms with Crippen LogP contribution < -0.4 is 9.47 Å². The van der Waals surface area contributed by atoms with Crippen LogP contribution in [-0.4, -0.2) is 19.5 Å². The van der Waals surface area contributed by atoms with Crippen molar-refractivity contribution in [2.45, 2.75) is 93.4 Å². The van der Waals surface area contributed by atoms with Crippen LogP contribution in [0.5, 0.6) is 11.5 Å². The highest BCUT2D eigenvalue weighted by molar-refractivity contribution is 5.96. The minimum Gasteiger partial charge on any atom is -0.493 e. The van der Waals surface area contributed by atoms with E-state index in [-0.39, 0.29) is 5.78 Å². The summed E-state index contributed by atoms with van der Waals surface area (Å²) in [7, 11) is 1.64. The number of Topliss-reactive ketones (excluding diaryl/α,β-unsaturated/α-hetero) is 1. The summed E-state index contributed by atoms with van der Waals surface area (Å²) in [6.45, 7) is 18.4. The highest BCUT2D eigenvalue weighted by Crippen LogP contribution is 2.35. The van der Waals surface area contributed by atoms with Crippen molar-refractivity contribution in [3.05, 3.63) is 59.7 Å². The van der Waals surface area contributed by atoms with Crippen LogP contribution in [0.3, 0.4) is 0 Å². The van der Waals surface area contributed by atoms with Crippen molar-refractivity contribution < 1.29 is 14.3 Å². The fourth-order valence-corrected chi connectivity index (χ4v) is 3.16. The van der Waals surface area contributed by atoms with Gasteiger partial charge in [-0.3, -0.25) is 4.79 Å². The molecule has 0 saturated heterocycles. The van der Waals surface area contributed by atoms with E-state index in [0.29, 0.717) is 6.61 Å². The largest absolute Gasteiger partial charge is 0.493 e. The number of allylic oxidation sites excluding steroid dienone is 5. The summed E-state index contributed by atoms with van der Waals surface area (Å²) < 4.78 is 11.3. The number of carbonyl (C=O) groups is 1. The van der Waals surface area contributed by atoms with Crippen molar-refractivity contribution in [3.63, 3.8) is 0 Å². The fourth-order valence-electron chi connectivity index (χ4n) is 3.16. The molecule has 1 rings (SSSR count). The Morgan fingerprint density at radius 1 is 1.06 bits per heavy atom. The second-order valence-corrected chi connectivity index (χ2v) is 7.21. The standard InChI is InChI=1S/C17H26O3.C10H16.C2H6/c1-5-7-8-12-20-17-15(9-6-2)14(13(3)18)10-11-16(17)19-4;1-4-7-10(8-5-2)9-6-3;1-2/h10-11H,5-9,12H2,1-4H3;4-5,7-8H,1,6,9H2,2-3H3;1-2H3/b;8-5-,10-7+;. The third kappa shape index (κ3) is 13.2. The minimum absolute atomic E-state index is 0.0783. The van der Waals surface area contributed by atoms with Crippen LogP contribution in [0.25, 0.3) is 0 Å². The molecule has 3 nitrogen and oxygen atoms in total. The molecule has 3 heteroatoms. The van der Waals surface area contributed by atoms with E-state index < -0.39 is 0 Å². The smallest absolute Gasteiger partial charge is 0.165 e. The van der Waals surface area contributed by atoms with E-state index in [1.54, 1.807) is 14.0 Å². The lowest BCUT2D eigenvalue weighted by atomic mass is 9.98. The van der Waals surface area contributed by atoms with E-state index in [4.69, 9.17) is 9.47 Å². The number of hydrogen-bond acceptors (Lipinski definition) is 3. The van der Waals surface area contributed by atoms with Crippen LogP contribution >= 0.6 is 0 Å². The maximum atomic E-state index is 11.8. The Balaban J connectivity index is 0. The van der Waals surface area contributed by atoms with Crippen LogP contribution in [0.2, 0.25) is 0 Å². The minimum atomic E-state index is 0.0783. The Kier molecular flexibility index (Phi) is 21.9. The molecule has 0 heterocycles. The molecule has 0 amide bonds. The predicted octanol–water partition coefficient (Wildman–Crippen LogP) is 8.92. The maximum Gasteiger partial charge on any atom is 0.165 e. The average molecular weight is 445 g/mol. The van der Waals surface area contributed by atoms with Gasteiger partial charge in [-0.05, 0) is 50.8 Å². The zero-order chi connectivity index (χ0) is 24.8. The number of ether oxygens (including phenoxy) is 2. The first-order chi connectivity index (χ1) is 15.5. The molecule has 0 aliphatic carbocycles. The van der Waals surface area contributed by atoms with Gasteiger partial charge < -0.3 is 9.47 Å². The second kappa shape index (κ2) is 21.9. The molecule has 0 bridgehead atoms. The number of carbonyl (C=O) groups excluding carboxylic acids is 1. The predicted molar refractivity (Wildman–Crippen MR) is 141 cm³/mol. The zero-order valence-electron chi connectivity index (χ0n) is 22.1.